The summed E-state index contributed by atoms with van der Waals surface area (Å²) in [7, 11) is 0. The first-order valence-corrected chi connectivity index (χ1v) is 7.58. The monoisotopic (exact) mass is 391 g/mol. The highest BCUT2D eigenvalue weighted by Gasteiger charge is 2.25. The zero-order valence-electron chi connectivity index (χ0n) is 10.7. The molecule has 0 spiro atoms. The molecule has 0 aliphatic rings. The second kappa shape index (κ2) is 6.34. The van der Waals surface area contributed by atoms with Gasteiger partial charge in [0.05, 0.1) is 6.07 Å². The molecule has 0 fully saturated rings. The van der Waals surface area contributed by atoms with Gasteiger partial charge in [0.25, 0.3) is 0 Å². The maximum absolute atomic E-state index is 12.6. The average molecular weight is 393 g/mol. The van der Waals surface area contributed by atoms with E-state index in [0.717, 1.165) is 14.5 Å². The van der Waals surface area contributed by atoms with Crippen LogP contribution in [-0.2, 0) is 0 Å². The van der Waals surface area contributed by atoms with Crippen LogP contribution in [0.1, 0.15) is 27.4 Å². The lowest BCUT2D eigenvalue weighted by Crippen LogP contribution is -2.13. The van der Waals surface area contributed by atoms with Crippen molar-refractivity contribution in [3.05, 3.63) is 68.1 Å². The van der Waals surface area contributed by atoms with Crippen molar-refractivity contribution in [2.75, 3.05) is 0 Å². The fourth-order valence-corrected chi connectivity index (χ4v) is 2.89. The Morgan fingerprint density at radius 2 is 1.75 bits per heavy atom. The molecule has 2 rings (SSSR count). The van der Waals surface area contributed by atoms with Crippen LogP contribution >= 0.6 is 31.9 Å². The molecular formula is C16H11Br2NO. The maximum atomic E-state index is 12.6. The Labute approximate surface area is 134 Å². The summed E-state index contributed by atoms with van der Waals surface area (Å²) in [6, 6.07) is 14.9. The maximum Gasteiger partial charge on any atom is 0.184 e. The Hall–Kier alpha value is -1.44. The molecule has 0 aliphatic heterocycles. The third kappa shape index (κ3) is 2.84. The SMILES string of the molecule is Cc1c(Br)cccc1C(=O)C(C#N)c1ccccc1Br. The summed E-state index contributed by atoms with van der Waals surface area (Å²) in [5, 5.41) is 9.39. The zero-order valence-corrected chi connectivity index (χ0v) is 13.9. The third-order valence-corrected chi connectivity index (χ3v) is 4.72. The highest BCUT2D eigenvalue weighted by atomic mass is 79.9. The van der Waals surface area contributed by atoms with E-state index >= 15 is 0 Å². The first kappa shape index (κ1) is 15.0. The normalized spacial score (nSPS) is 11.7. The quantitative estimate of drug-likeness (QED) is 0.688. The van der Waals surface area contributed by atoms with Gasteiger partial charge in [-0.05, 0) is 30.2 Å². The fraction of sp³-hybridized carbons (Fsp3) is 0.125. The number of benzene rings is 2. The number of nitriles is 1. The Bertz CT molecular complexity index is 704. The summed E-state index contributed by atoms with van der Waals surface area (Å²) >= 11 is 6.81. The Kier molecular flexibility index (Phi) is 4.74. The molecule has 0 radical (unpaired) electrons. The van der Waals surface area contributed by atoms with Crippen LogP contribution in [0.5, 0.6) is 0 Å². The number of hydrogen-bond donors (Lipinski definition) is 0. The molecule has 2 aromatic rings. The lowest BCUT2D eigenvalue weighted by atomic mass is 9.90. The van der Waals surface area contributed by atoms with Crippen LogP contribution in [-0.4, -0.2) is 5.78 Å². The van der Waals surface area contributed by atoms with E-state index in [0.29, 0.717) is 11.1 Å². The summed E-state index contributed by atoms with van der Waals surface area (Å²) in [6.07, 6.45) is 0. The van der Waals surface area contributed by atoms with E-state index in [2.05, 4.69) is 37.9 Å². The van der Waals surface area contributed by atoms with Crippen molar-refractivity contribution in [1.29, 1.82) is 5.26 Å². The van der Waals surface area contributed by atoms with E-state index in [1.54, 1.807) is 18.2 Å². The first-order chi connectivity index (χ1) is 9.56. The molecule has 0 aromatic heterocycles. The molecule has 4 heteroatoms. The second-order valence-electron chi connectivity index (χ2n) is 4.36. The van der Waals surface area contributed by atoms with Crippen molar-refractivity contribution in [1.82, 2.24) is 0 Å². The van der Waals surface area contributed by atoms with E-state index in [4.69, 9.17) is 0 Å². The molecule has 20 heavy (non-hydrogen) atoms. The number of halogens is 2. The van der Waals surface area contributed by atoms with Crippen molar-refractivity contribution in [2.45, 2.75) is 12.8 Å². The molecule has 0 aliphatic carbocycles. The minimum absolute atomic E-state index is 0.182. The van der Waals surface area contributed by atoms with Gasteiger partial charge in [0.15, 0.2) is 5.78 Å². The largest absolute Gasteiger partial charge is 0.292 e. The molecule has 0 saturated carbocycles. The number of Topliss-reactive ketones (excluding diaryl/α,β-unsaturated/α-hetero) is 1. The van der Waals surface area contributed by atoms with Crippen LogP contribution < -0.4 is 0 Å². The number of rotatable bonds is 3. The lowest BCUT2D eigenvalue weighted by Gasteiger charge is -2.13. The summed E-state index contributed by atoms with van der Waals surface area (Å²) in [6.45, 7) is 1.87. The van der Waals surface area contributed by atoms with Crippen LogP contribution in [0.4, 0.5) is 0 Å². The van der Waals surface area contributed by atoms with Crippen LogP contribution in [0.2, 0.25) is 0 Å². The van der Waals surface area contributed by atoms with Gasteiger partial charge in [0, 0.05) is 14.5 Å². The Balaban J connectivity index is 2.49. The van der Waals surface area contributed by atoms with Gasteiger partial charge in [-0.25, -0.2) is 0 Å². The summed E-state index contributed by atoms with van der Waals surface area (Å²) in [5.74, 6) is -0.989. The lowest BCUT2D eigenvalue weighted by molar-refractivity contribution is 0.0978. The van der Waals surface area contributed by atoms with Gasteiger partial charge in [-0.1, -0.05) is 62.2 Å². The molecule has 0 amide bonds. The third-order valence-electron chi connectivity index (χ3n) is 3.14. The number of carbonyl (C=O) groups is 1. The molecule has 1 unspecified atom stereocenters. The van der Waals surface area contributed by atoms with Gasteiger partial charge in [-0.2, -0.15) is 5.26 Å². The van der Waals surface area contributed by atoms with E-state index in [1.807, 2.05) is 31.2 Å². The predicted molar refractivity (Wildman–Crippen MR) is 85.7 cm³/mol. The Morgan fingerprint density at radius 1 is 1.10 bits per heavy atom. The second-order valence-corrected chi connectivity index (χ2v) is 6.07. The zero-order chi connectivity index (χ0) is 14.7. The molecule has 0 saturated heterocycles. The van der Waals surface area contributed by atoms with Gasteiger partial charge in [0.2, 0.25) is 0 Å². The van der Waals surface area contributed by atoms with Gasteiger partial charge >= 0.3 is 0 Å². The molecule has 0 heterocycles. The van der Waals surface area contributed by atoms with Crippen molar-refractivity contribution in [3.63, 3.8) is 0 Å². The van der Waals surface area contributed by atoms with Crippen molar-refractivity contribution >= 4 is 37.6 Å². The number of nitrogens with zero attached hydrogens (tertiary/aromatic N) is 1. The van der Waals surface area contributed by atoms with Crippen molar-refractivity contribution < 1.29 is 4.79 Å². The van der Waals surface area contributed by atoms with Crippen molar-refractivity contribution in [2.24, 2.45) is 0 Å². The van der Waals surface area contributed by atoms with E-state index < -0.39 is 5.92 Å². The van der Waals surface area contributed by atoms with Gasteiger partial charge < -0.3 is 0 Å². The summed E-state index contributed by atoms with van der Waals surface area (Å²) in [4.78, 5) is 12.6. The van der Waals surface area contributed by atoms with E-state index in [1.165, 1.54) is 0 Å². The highest BCUT2D eigenvalue weighted by Crippen LogP contribution is 2.29. The van der Waals surface area contributed by atoms with E-state index in [-0.39, 0.29) is 5.78 Å². The fourth-order valence-electron chi connectivity index (χ4n) is 2.01. The van der Waals surface area contributed by atoms with Crippen molar-refractivity contribution in [3.8, 4) is 6.07 Å². The minimum Gasteiger partial charge on any atom is -0.292 e. The Morgan fingerprint density at radius 3 is 2.40 bits per heavy atom. The van der Waals surface area contributed by atoms with Crippen LogP contribution in [0.3, 0.4) is 0 Å². The number of hydrogen-bond acceptors (Lipinski definition) is 2. The predicted octanol–water partition coefficient (Wildman–Crippen LogP) is 5.01. The molecular weight excluding hydrogens is 382 g/mol. The average Bonchev–Trinajstić information content (AvgIpc) is 2.44. The first-order valence-electron chi connectivity index (χ1n) is 5.99. The van der Waals surface area contributed by atoms with Gasteiger partial charge in [-0.15, -0.1) is 0 Å². The minimum atomic E-state index is -0.807. The molecule has 2 aromatic carbocycles. The molecule has 100 valence electrons. The number of carbonyl (C=O) groups excluding carboxylic acids is 1. The van der Waals surface area contributed by atoms with Gasteiger partial charge in [-0.3, -0.25) is 4.79 Å². The van der Waals surface area contributed by atoms with Crippen LogP contribution in [0.15, 0.2) is 51.4 Å². The van der Waals surface area contributed by atoms with E-state index in [9.17, 15) is 10.1 Å². The summed E-state index contributed by atoms with van der Waals surface area (Å²) < 4.78 is 1.64. The molecule has 0 N–H and O–H groups in total. The molecule has 0 bridgehead atoms. The van der Waals surface area contributed by atoms with Gasteiger partial charge in [0.1, 0.15) is 5.92 Å². The highest BCUT2D eigenvalue weighted by molar-refractivity contribution is 9.10. The van der Waals surface area contributed by atoms with Crippen LogP contribution in [0, 0.1) is 18.3 Å². The standard InChI is InChI=1S/C16H11Br2NO/c1-10-11(6-4-8-14(10)17)16(20)13(9-19)12-5-2-3-7-15(12)18/h2-8,13H,1H3. The summed E-state index contributed by atoms with van der Waals surface area (Å²) in [5.41, 5.74) is 2.12. The topological polar surface area (TPSA) is 40.9 Å². The molecule has 2 nitrogen and oxygen atoms in total. The smallest absolute Gasteiger partial charge is 0.184 e. The molecule has 1 atom stereocenters. The number of ketones is 1. The van der Waals surface area contributed by atoms with Crippen LogP contribution in [0.25, 0.3) is 0 Å².